The van der Waals surface area contributed by atoms with Gasteiger partial charge in [0, 0.05) is 71.3 Å². The molecule has 0 spiro atoms. The van der Waals surface area contributed by atoms with Crippen molar-refractivity contribution in [2.24, 2.45) is 4.99 Å². The lowest BCUT2D eigenvalue weighted by Crippen LogP contribution is -2.53. The number of carboxylic acid groups (broad SMARTS) is 1. The number of methoxy groups -OCH3 is 1. The molecule has 0 radical (unpaired) electrons. The summed E-state index contributed by atoms with van der Waals surface area (Å²) in [7, 11) is 1.28. The third kappa shape index (κ3) is 5.75. The van der Waals surface area contributed by atoms with E-state index in [4.69, 9.17) is 32.9 Å². The molecule has 0 unspecified atom stereocenters. The highest BCUT2D eigenvalue weighted by Crippen LogP contribution is 2.37. The first-order valence-electron chi connectivity index (χ1n) is 13.5. The van der Waals surface area contributed by atoms with Crippen molar-refractivity contribution in [3.8, 4) is 0 Å². The van der Waals surface area contributed by atoms with E-state index >= 15 is 0 Å². The molecule has 2 aromatic carbocycles. The molecule has 0 bridgehead atoms. The normalized spacial score (nSPS) is 20.4. The van der Waals surface area contributed by atoms with Gasteiger partial charge in [0.15, 0.2) is 10.8 Å². The van der Waals surface area contributed by atoms with Gasteiger partial charge in [-0.1, -0.05) is 29.3 Å². The molecule has 15 heteroatoms. The molecule has 4 heterocycles. The number of anilines is 1. The van der Waals surface area contributed by atoms with E-state index in [9.17, 15) is 23.9 Å². The van der Waals surface area contributed by atoms with Crippen LogP contribution in [-0.2, 0) is 9.53 Å². The van der Waals surface area contributed by atoms with Crippen LogP contribution in [0.5, 0.6) is 0 Å². The van der Waals surface area contributed by atoms with E-state index in [2.05, 4.69) is 15.2 Å². The molecule has 2 amide bonds. The van der Waals surface area contributed by atoms with Crippen LogP contribution >= 0.6 is 34.5 Å². The largest absolute Gasteiger partial charge is 0.478 e. The number of halogens is 3. The van der Waals surface area contributed by atoms with Crippen molar-refractivity contribution in [2.45, 2.75) is 12.1 Å². The van der Waals surface area contributed by atoms with Crippen molar-refractivity contribution in [1.82, 2.24) is 20.1 Å². The second kappa shape index (κ2) is 12.2. The quantitative estimate of drug-likeness (QED) is 0.357. The summed E-state index contributed by atoms with van der Waals surface area (Å²) >= 11 is 14.0. The minimum Gasteiger partial charge on any atom is -0.478 e. The molecule has 2 saturated heterocycles. The number of ether oxygens (including phenoxy) is 1. The number of benzene rings is 2. The van der Waals surface area contributed by atoms with E-state index in [0.29, 0.717) is 54.0 Å². The predicted octanol–water partition coefficient (Wildman–Crippen LogP) is 4.43. The molecule has 2 fully saturated rings. The molecule has 228 valence electrons. The van der Waals surface area contributed by atoms with E-state index < -0.39 is 23.8 Å². The number of urea groups is 1. The van der Waals surface area contributed by atoms with Crippen LogP contribution in [0, 0.1) is 5.82 Å². The predicted molar refractivity (Wildman–Crippen MR) is 163 cm³/mol. The first-order valence-corrected chi connectivity index (χ1v) is 15.1. The second-order valence-corrected chi connectivity index (χ2v) is 12.1. The van der Waals surface area contributed by atoms with Crippen molar-refractivity contribution >= 4 is 64.0 Å². The molecule has 3 aromatic rings. The number of amides is 2. The lowest BCUT2D eigenvalue weighted by atomic mass is 9.95. The van der Waals surface area contributed by atoms with Crippen LogP contribution in [0.15, 0.2) is 64.2 Å². The zero-order valence-corrected chi connectivity index (χ0v) is 25.5. The smallest absolute Gasteiger partial charge is 0.338 e. The van der Waals surface area contributed by atoms with Gasteiger partial charge in [-0.2, -0.15) is 0 Å². The van der Waals surface area contributed by atoms with Gasteiger partial charge in [0.25, 0.3) is 0 Å². The lowest BCUT2D eigenvalue weighted by molar-refractivity contribution is -0.136. The Labute approximate surface area is 265 Å². The number of carbonyl (C=O) groups is 3. The summed E-state index contributed by atoms with van der Waals surface area (Å²) in [5.74, 6) is -1.84. The Bertz CT molecular complexity index is 1720. The summed E-state index contributed by atoms with van der Waals surface area (Å²) in [6, 6.07) is 6.95. The molecule has 3 aliphatic heterocycles. The Morgan fingerprint density at radius 1 is 1.18 bits per heavy atom. The van der Waals surface area contributed by atoms with Gasteiger partial charge in [0.05, 0.1) is 24.3 Å². The summed E-state index contributed by atoms with van der Waals surface area (Å²) in [5, 5.41) is 15.5. The number of fused-ring (bicyclic) bond motifs is 1. The van der Waals surface area contributed by atoms with Crippen molar-refractivity contribution in [1.29, 1.82) is 0 Å². The number of carbonyl (C=O) groups excluding carboxylic acids is 2. The molecule has 6 rings (SSSR count). The van der Waals surface area contributed by atoms with Crippen LogP contribution in [0.3, 0.4) is 0 Å². The fraction of sp³-hybridized carbons (Fsp3) is 0.276. The Morgan fingerprint density at radius 2 is 2.00 bits per heavy atom. The van der Waals surface area contributed by atoms with E-state index in [1.165, 1.54) is 53.7 Å². The maximum Gasteiger partial charge on any atom is 0.338 e. The number of amidine groups is 1. The minimum absolute atomic E-state index is 0.00837. The van der Waals surface area contributed by atoms with E-state index in [-0.39, 0.29) is 39.8 Å². The monoisotopic (exact) mass is 658 g/mol. The van der Waals surface area contributed by atoms with Gasteiger partial charge >= 0.3 is 18.0 Å². The summed E-state index contributed by atoms with van der Waals surface area (Å²) in [5.41, 5.74) is 1.59. The van der Waals surface area contributed by atoms with Gasteiger partial charge in [-0.3, -0.25) is 14.8 Å². The van der Waals surface area contributed by atoms with E-state index in [1.807, 2.05) is 0 Å². The van der Waals surface area contributed by atoms with Crippen LogP contribution in [-0.4, -0.2) is 89.6 Å². The van der Waals surface area contributed by atoms with Crippen molar-refractivity contribution < 1.29 is 28.6 Å². The average molecular weight is 660 g/mol. The maximum atomic E-state index is 14.0. The number of nitrogens with one attached hydrogen (secondary N) is 1. The molecule has 0 aliphatic carbocycles. The summed E-state index contributed by atoms with van der Waals surface area (Å²) < 4.78 is 19.1. The number of aromatic carboxylic acids is 1. The van der Waals surface area contributed by atoms with Gasteiger partial charge in [-0.05, 0) is 30.3 Å². The van der Waals surface area contributed by atoms with Crippen LogP contribution in [0.25, 0.3) is 0 Å². The minimum atomic E-state index is -1.14. The maximum absolute atomic E-state index is 14.0. The molecule has 1 aromatic heterocycles. The van der Waals surface area contributed by atoms with Gasteiger partial charge in [0.2, 0.25) is 0 Å². The van der Waals surface area contributed by atoms with Gasteiger partial charge < -0.3 is 20.1 Å². The van der Waals surface area contributed by atoms with Gasteiger partial charge in [-0.25, -0.2) is 23.8 Å². The SMILES string of the molecule is COC(=O)C1=C(CN2CCN3C(=O)N(c4cc(Cl)cc(C(=O)O)c4)C[C@@H]3C2)NC(c2nccs2)=N[C@H]1c1ccc(F)cc1Cl. The van der Waals surface area contributed by atoms with Crippen LogP contribution in [0.4, 0.5) is 14.9 Å². The Hall–Kier alpha value is -4.04. The molecule has 44 heavy (non-hydrogen) atoms. The highest BCUT2D eigenvalue weighted by atomic mass is 35.5. The number of carboxylic acids is 1. The number of aliphatic imine (C=N–C) groups is 1. The third-order valence-corrected chi connectivity index (χ3v) is 9.01. The van der Waals surface area contributed by atoms with E-state index in [1.54, 1.807) is 22.5 Å². The van der Waals surface area contributed by atoms with Crippen LogP contribution < -0.4 is 10.2 Å². The third-order valence-electron chi connectivity index (χ3n) is 7.68. The highest BCUT2D eigenvalue weighted by molar-refractivity contribution is 7.11. The number of aromatic nitrogens is 1. The van der Waals surface area contributed by atoms with Crippen LogP contribution in [0.2, 0.25) is 10.0 Å². The molecule has 11 nitrogen and oxygen atoms in total. The number of hydrogen-bond donors (Lipinski definition) is 2. The average Bonchev–Trinajstić information content (AvgIpc) is 3.64. The molecule has 2 N–H and O–H groups in total. The van der Waals surface area contributed by atoms with Crippen molar-refractivity contribution in [3.63, 3.8) is 0 Å². The topological polar surface area (TPSA) is 128 Å². The van der Waals surface area contributed by atoms with Gasteiger partial charge in [-0.15, -0.1) is 11.3 Å². The summed E-state index contributed by atoms with van der Waals surface area (Å²) in [4.78, 5) is 52.7. The fourth-order valence-electron chi connectivity index (χ4n) is 5.68. The molecule has 3 aliphatic rings. The zero-order chi connectivity index (χ0) is 31.1. The fourth-order valence-corrected chi connectivity index (χ4v) is 6.76. The van der Waals surface area contributed by atoms with Gasteiger partial charge in [0.1, 0.15) is 11.9 Å². The van der Waals surface area contributed by atoms with E-state index in [0.717, 1.165) is 0 Å². The van der Waals surface area contributed by atoms with Crippen LogP contribution in [0.1, 0.15) is 27.0 Å². The molecular weight excluding hydrogens is 634 g/mol. The summed E-state index contributed by atoms with van der Waals surface area (Å²) in [6.07, 6.45) is 1.64. The Balaban J connectivity index is 1.30. The molecule has 2 atom stereocenters. The molecule has 0 saturated carbocycles. The van der Waals surface area contributed by atoms with Crippen molar-refractivity contribution in [3.05, 3.63) is 91.2 Å². The Kier molecular flexibility index (Phi) is 8.29. The van der Waals surface area contributed by atoms with Crippen molar-refractivity contribution in [2.75, 3.05) is 44.7 Å². The lowest BCUT2D eigenvalue weighted by Gasteiger charge is -2.38. The summed E-state index contributed by atoms with van der Waals surface area (Å²) in [6.45, 7) is 1.98. The number of rotatable bonds is 7. The standard InChI is InChI=1S/C29H25Cl2FN6O5S/c1-43-28(41)23-22(34-25(26-33-4-7-44-26)35-24(23)20-3-2-17(32)11-21(20)31)14-36-5-6-37-19(12-36)13-38(29(37)42)18-9-15(27(39)40)8-16(30)10-18/h2-4,7-11,19,24H,5-6,12-14H2,1H3,(H,34,35)(H,39,40)/t19-,24-/m0/s1. The highest BCUT2D eigenvalue weighted by Gasteiger charge is 2.42. The number of nitrogens with zero attached hydrogens (tertiary/aromatic N) is 5. The number of esters is 1. The Morgan fingerprint density at radius 3 is 2.70 bits per heavy atom. The number of hydrogen-bond acceptors (Lipinski definition) is 9. The number of piperazine rings is 1. The second-order valence-electron chi connectivity index (χ2n) is 10.4. The zero-order valence-electron chi connectivity index (χ0n) is 23.2. The first kappa shape index (κ1) is 30.0. The first-order chi connectivity index (χ1) is 21.1. The molecular formula is C29H25Cl2FN6O5S. The number of thiazole rings is 1.